The molecule has 3 heteroatoms. The second-order valence-electron chi connectivity index (χ2n) is 4.40. The number of nitrogens with one attached hydrogen (secondary N) is 1. The average molecular weight is 214 g/mol. The molecule has 0 saturated carbocycles. The lowest BCUT2D eigenvalue weighted by Gasteiger charge is -2.36. The van der Waals surface area contributed by atoms with E-state index in [9.17, 15) is 5.11 Å². The zero-order valence-corrected chi connectivity index (χ0v) is 9.14. The maximum atomic E-state index is 9.57. The van der Waals surface area contributed by atoms with E-state index in [2.05, 4.69) is 16.0 Å². The summed E-state index contributed by atoms with van der Waals surface area (Å²) in [5, 5.41) is 13.0. The highest BCUT2D eigenvalue weighted by atomic mass is 16.3. The van der Waals surface area contributed by atoms with Gasteiger partial charge in [-0.15, -0.1) is 0 Å². The smallest absolute Gasteiger partial charge is 0.0984 e. The molecule has 0 saturated heterocycles. The molecule has 0 spiro atoms. The van der Waals surface area contributed by atoms with Crippen LogP contribution in [-0.2, 0) is 5.54 Å². The van der Waals surface area contributed by atoms with Crippen LogP contribution in [0.3, 0.4) is 0 Å². The molecule has 2 aromatic rings. The van der Waals surface area contributed by atoms with Gasteiger partial charge in [0, 0.05) is 6.20 Å². The predicted octanol–water partition coefficient (Wildman–Crippen LogP) is 2.11. The van der Waals surface area contributed by atoms with Gasteiger partial charge in [0.2, 0.25) is 0 Å². The van der Waals surface area contributed by atoms with E-state index in [0.717, 1.165) is 17.1 Å². The Labute approximate surface area is 94.3 Å². The number of aliphatic hydroxyl groups excluding tert-OH is 1. The van der Waals surface area contributed by atoms with Crippen LogP contribution in [0.2, 0.25) is 0 Å². The lowest BCUT2D eigenvalue weighted by Crippen LogP contribution is -2.40. The zero-order chi connectivity index (χ0) is 11.2. The van der Waals surface area contributed by atoms with Gasteiger partial charge in [-0.1, -0.05) is 12.1 Å². The van der Waals surface area contributed by atoms with Gasteiger partial charge in [-0.05, 0) is 31.2 Å². The Morgan fingerprint density at radius 3 is 2.88 bits per heavy atom. The maximum Gasteiger partial charge on any atom is 0.0984 e. The maximum absolute atomic E-state index is 9.57. The summed E-state index contributed by atoms with van der Waals surface area (Å²) in [5.41, 5.74) is 2.88. The number of nitrogens with zero attached hydrogens (tertiary/aromatic N) is 1. The molecule has 1 aromatic carbocycles. The van der Waals surface area contributed by atoms with Crippen molar-refractivity contribution in [3.8, 4) is 5.69 Å². The summed E-state index contributed by atoms with van der Waals surface area (Å²) in [6, 6.07) is 12.2. The Kier molecular flexibility index (Phi) is 1.85. The highest BCUT2D eigenvalue weighted by molar-refractivity contribution is 5.66. The first kappa shape index (κ1) is 9.48. The van der Waals surface area contributed by atoms with E-state index < -0.39 is 5.54 Å². The van der Waals surface area contributed by atoms with Gasteiger partial charge in [0.15, 0.2) is 0 Å². The quantitative estimate of drug-likeness (QED) is 0.763. The van der Waals surface area contributed by atoms with E-state index in [1.54, 1.807) is 0 Å². The second-order valence-corrected chi connectivity index (χ2v) is 4.40. The summed E-state index contributed by atoms with van der Waals surface area (Å²) in [5.74, 6) is 0. The summed E-state index contributed by atoms with van der Waals surface area (Å²) in [4.78, 5) is 0. The molecule has 0 fully saturated rings. The third kappa shape index (κ3) is 1.12. The average Bonchev–Trinajstić information content (AvgIpc) is 2.79. The molecule has 0 bridgehead atoms. The van der Waals surface area contributed by atoms with Crippen LogP contribution in [0.1, 0.15) is 12.6 Å². The van der Waals surface area contributed by atoms with Crippen molar-refractivity contribution in [2.75, 3.05) is 11.9 Å². The van der Waals surface area contributed by atoms with Crippen LogP contribution in [0.15, 0.2) is 42.6 Å². The molecule has 1 aliphatic heterocycles. The lowest BCUT2D eigenvalue weighted by atomic mass is 9.95. The highest BCUT2D eigenvalue weighted by Gasteiger charge is 2.33. The predicted molar refractivity (Wildman–Crippen MR) is 63.8 cm³/mol. The number of fused-ring (bicyclic) bond motifs is 3. The normalized spacial score (nSPS) is 22.1. The molecule has 0 aliphatic carbocycles. The Bertz CT molecular complexity index is 532. The van der Waals surface area contributed by atoms with Crippen molar-refractivity contribution in [1.29, 1.82) is 0 Å². The van der Waals surface area contributed by atoms with Crippen LogP contribution in [-0.4, -0.2) is 16.3 Å². The van der Waals surface area contributed by atoms with E-state index in [4.69, 9.17) is 0 Å². The number of para-hydroxylation sites is 2. The minimum Gasteiger partial charge on any atom is -0.394 e. The molecule has 2 heterocycles. The van der Waals surface area contributed by atoms with Crippen molar-refractivity contribution < 1.29 is 5.11 Å². The monoisotopic (exact) mass is 214 g/mol. The van der Waals surface area contributed by atoms with Gasteiger partial charge in [0.25, 0.3) is 0 Å². The minimum absolute atomic E-state index is 0.0747. The van der Waals surface area contributed by atoms with E-state index in [1.807, 2.05) is 43.5 Å². The van der Waals surface area contributed by atoms with Crippen LogP contribution in [0, 0.1) is 0 Å². The molecule has 0 radical (unpaired) electrons. The fourth-order valence-electron chi connectivity index (χ4n) is 2.31. The van der Waals surface area contributed by atoms with Gasteiger partial charge in [-0.3, -0.25) is 0 Å². The third-order valence-corrected chi connectivity index (χ3v) is 3.20. The lowest BCUT2D eigenvalue weighted by molar-refractivity contribution is 0.218. The Morgan fingerprint density at radius 2 is 2.06 bits per heavy atom. The highest BCUT2D eigenvalue weighted by Crippen LogP contribution is 2.36. The fourth-order valence-corrected chi connectivity index (χ4v) is 2.31. The van der Waals surface area contributed by atoms with E-state index in [0.29, 0.717) is 0 Å². The van der Waals surface area contributed by atoms with Crippen molar-refractivity contribution in [3.05, 3.63) is 48.3 Å². The standard InChI is InChI=1S/C13H14N2O/c1-13(9-16)12-7-4-8-15(12)11-6-3-2-5-10(11)14-13/h2-8,14,16H,9H2,1H3. The van der Waals surface area contributed by atoms with Gasteiger partial charge < -0.3 is 15.0 Å². The summed E-state index contributed by atoms with van der Waals surface area (Å²) >= 11 is 0. The van der Waals surface area contributed by atoms with Crippen molar-refractivity contribution >= 4 is 5.69 Å². The Morgan fingerprint density at radius 1 is 1.25 bits per heavy atom. The van der Waals surface area contributed by atoms with E-state index in [-0.39, 0.29) is 6.61 Å². The van der Waals surface area contributed by atoms with Crippen molar-refractivity contribution in [2.24, 2.45) is 0 Å². The topological polar surface area (TPSA) is 37.2 Å². The van der Waals surface area contributed by atoms with Gasteiger partial charge in [-0.25, -0.2) is 0 Å². The van der Waals surface area contributed by atoms with Crippen LogP contribution < -0.4 is 5.32 Å². The summed E-state index contributed by atoms with van der Waals surface area (Å²) in [6.07, 6.45) is 2.03. The number of hydrogen-bond acceptors (Lipinski definition) is 2. The first-order valence-electron chi connectivity index (χ1n) is 5.41. The van der Waals surface area contributed by atoms with Gasteiger partial charge in [-0.2, -0.15) is 0 Å². The van der Waals surface area contributed by atoms with Crippen LogP contribution in [0.25, 0.3) is 5.69 Å². The summed E-state index contributed by atoms with van der Waals surface area (Å²) < 4.78 is 2.13. The molecule has 0 amide bonds. The van der Waals surface area contributed by atoms with Crippen molar-refractivity contribution in [2.45, 2.75) is 12.5 Å². The molecule has 1 aromatic heterocycles. The van der Waals surface area contributed by atoms with Crippen molar-refractivity contribution in [1.82, 2.24) is 4.57 Å². The SMILES string of the molecule is CC1(CO)Nc2ccccc2-n2cccc21. The first-order valence-corrected chi connectivity index (χ1v) is 5.41. The molecule has 3 rings (SSSR count). The van der Waals surface area contributed by atoms with Gasteiger partial charge in [0.05, 0.1) is 29.2 Å². The summed E-state index contributed by atoms with van der Waals surface area (Å²) in [6.45, 7) is 2.08. The molecular formula is C13H14N2O. The fraction of sp³-hybridized carbons (Fsp3) is 0.231. The summed E-state index contributed by atoms with van der Waals surface area (Å²) in [7, 11) is 0. The number of hydrogen-bond donors (Lipinski definition) is 2. The number of aromatic nitrogens is 1. The van der Waals surface area contributed by atoms with Crippen LogP contribution >= 0.6 is 0 Å². The molecule has 1 atom stereocenters. The largest absolute Gasteiger partial charge is 0.394 e. The van der Waals surface area contributed by atoms with E-state index >= 15 is 0 Å². The minimum atomic E-state index is -0.405. The van der Waals surface area contributed by atoms with Gasteiger partial charge in [0.1, 0.15) is 0 Å². The molecule has 3 nitrogen and oxygen atoms in total. The first-order chi connectivity index (χ1) is 7.74. The van der Waals surface area contributed by atoms with Crippen LogP contribution in [0.4, 0.5) is 5.69 Å². The number of anilines is 1. The molecule has 82 valence electrons. The molecule has 2 N–H and O–H groups in total. The number of benzene rings is 1. The van der Waals surface area contributed by atoms with Crippen LogP contribution in [0.5, 0.6) is 0 Å². The molecular weight excluding hydrogens is 200 g/mol. The van der Waals surface area contributed by atoms with Gasteiger partial charge >= 0.3 is 0 Å². The number of aliphatic hydroxyl groups is 1. The number of rotatable bonds is 1. The van der Waals surface area contributed by atoms with Crippen molar-refractivity contribution in [3.63, 3.8) is 0 Å². The third-order valence-electron chi connectivity index (χ3n) is 3.20. The Balaban J connectivity index is 2.27. The molecule has 1 unspecified atom stereocenters. The molecule has 16 heavy (non-hydrogen) atoms. The molecule has 1 aliphatic rings. The second kappa shape index (κ2) is 3.12. The Hall–Kier alpha value is -1.74. The zero-order valence-electron chi connectivity index (χ0n) is 9.14. The van der Waals surface area contributed by atoms with E-state index in [1.165, 1.54) is 0 Å².